The number of anilines is 3. The maximum atomic E-state index is 4.81. The monoisotopic (exact) mass is 429 g/mol. The lowest BCUT2D eigenvalue weighted by atomic mass is 10.0. The molecule has 0 unspecified atom stereocenters. The molecule has 0 saturated carbocycles. The van der Waals surface area contributed by atoms with Crippen LogP contribution in [0, 0.1) is 0 Å². The van der Waals surface area contributed by atoms with Gasteiger partial charge in [-0.15, -0.1) is 21.5 Å². The fourth-order valence-electron chi connectivity index (χ4n) is 4.13. The van der Waals surface area contributed by atoms with E-state index in [1.807, 2.05) is 12.1 Å². The zero-order valence-corrected chi connectivity index (χ0v) is 18.0. The number of para-hydroxylation sites is 2. The highest BCUT2D eigenvalue weighted by Crippen LogP contribution is 2.41. The second kappa shape index (κ2) is 7.91. The second-order valence-corrected chi connectivity index (χ2v) is 8.55. The summed E-state index contributed by atoms with van der Waals surface area (Å²) in [6.45, 7) is 0. The molecule has 32 heavy (non-hydrogen) atoms. The highest BCUT2D eigenvalue weighted by atomic mass is 32.1. The van der Waals surface area contributed by atoms with Gasteiger partial charge in [-0.3, -0.25) is 4.90 Å². The Morgan fingerprint density at radius 1 is 0.562 bits per heavy atom. The van der Waals surface area contributed by atoms with E-state index >= 15 is 0 Å². The van der Waals surface area contributed by atoms with Gasteiger partial charge in [0.15, 0.2) is 5.82 Å². The van der Waals surface area contributed by atoms with Crippen LogP contribution in [-0.4, -0.2) is 10.2 Å². The third kappa shape index (κ3) is 3.22. The Morgan fingerprint density at radius 2 is 1.16 bits per heavy atom. The van der Waals surface area contributed by atoms with Crippen molar-refractivity contribution in [3.8, 4) is 10.6 Å². The van der Waals surface area contributed by atoms with Gasteiger partial charge in [0.25, 0.3) is 0 Å². The summed E-state index contributed by atoms with van der Waals surface area (Å²) < 4.78 is 0. The minimum absolute atomic E-state index is 0.823. The Hall–Kier alpha value is -4.02. The molecule has 0 saturated heterocycles. The van der Waals surface area contributed by atoms with Crippen LogP contribution < -0.4 is 4.90 Å². The summed E-state index contributed by atoms with van der Waals surface area (Å²) in [7, 11) is 0. The number of nitrogens with zero attached hydrogens (tertiary/aromatic N) is 3. The molecule has 0 radical (unpaired) electrons. The average Bonchev–Trinajstić information content (AvgIpc) is 3.39. The molecule has 2 aromatic heterocycles. The van der Waals surface area contributed by atoms with Gasteiger partial charge in [0.1, 0.15) is 5.69 Å². The van der Waals surface area contributed by atoms with Gasteiger partial charge >= 0.3 is 0 Å². The van der Waals surface area contributed by atoms with Gasteiger partial charge in [-0.25, -0.2) is 0 Å². The van der Waals surface area contributed by atoms with Crippen molar-refractivity contribution >= 4 is 50.1 Å². The van der Waals surface area contributed by atoms with E-state index in [1.54, 1.807) is 11.3 Å². The quantitative estimate of drug-likeness (QED) is 0.266. The van der Waals surface area contributed by atoms with Gasteiger partial charge < -0.3 is 0 Å². The molecular weight excluding hydrogens is 410 g/mol. The summed E-state index contributed by atoms with van der Waals surface area (Å²) in [4.78, 5) is 3.30. The van der Waals surface area contributed by atoms with E-state index in [0.717, 1.165) is 38.5 Å². The Bertz CT molecular complexity index is 1470. The number of hydrogen-bond acceptors (Lipinski definition) is 4. The zero-order chi connectivity index (χ0) is 21.3. The van der Waals surface area contributed by atoms with Crippen LogP contribution in [0.1, 0.15) is 0 Å². The molecule has 0 aliphatic rings. The van der Waals surface area contributed by atoms with Gasteiger partial charge in [0.2, 0.25) is 0 Å². The molecule has 0 aliphatic heterocycles. The molecule has 0 bridgehead atoms. The van der Waals surface area contributed by atoms with E-state index in [0.29, 0.717) is 0 Å². The Kier molecular flexibility index (Phi) is 4.63. The summed E-state index contributed by atoms with van der Waals surface area (Å²) in [6.07, 6.45) is 0. The largest absolute Gasteiger partial charge is 0.293 e. The number of aromatic nitrogens is 2. The minimum atomic E-state index is 0.823. The molecule has 0 spiro atoms. The van der Waals surface area contributed by atoms with Gasteiger partial charge in [0.05, 0.1) is 4.88 Å². The minimum Gasteiger partial charge on any atom is -0.293 e. The summed E-state index contributed by atoms with van der Waals surface area (Å²) in [5.74, 6) is 0.823. The van der Waals surface area contributed by atoms with Crippen LogP contribution in [0.3, 0.4) is 0 Å². The van der Waals surface area contributed by atoms with Crippen molar-refractivity contribution in [3.05, 3.63) is 115 Å². The van der Waals surface area contributed by atoms with Crippen LogP contribution in [-0.2, 0) is 0 Å². The van der Waals surface area contributed by atoms with Crippen LogP contribution in [0.4, 0.5) is 17.2 Å². The van der Waals surface area contributed by atoms with E-state index < -0.39 is 0 Å². The van der Waals surface area contributed by atoms with E-state index in [-0.39, 0.29) is 0 Å². The molecule has 4 heteroatoms. The number of thiophene rings is 1. The molecule has 0 aliphatic carbocycles. The van der Waals surface area contributed by atoms with Gasteiger partial charge in [-0.2, -0.15) is 0 Å². The first-order valence-electron chi connectivity index (χ1n) is 10.5. The summed E-state index contributed by atoms with van der Waals surface area (Å²) >= 11 is 1.69. The molecule has 4 aromatic carbocycles. The van der Waals surface area contributed by atoms with Crippen LogP contribution in [0.5, 0.6) is 0 Å². The maximum absolute atomic E-state index is 4.81. The lowest BCUT2D eigenvalue weighted by Gasteiger charge is -2.25. The van der Waals surface area contributed by atoms with Crippen LogP contribution in [0.2, 0.25) is 0 Å². The summed E-state index contributed by atoms with van der Waals surface area (Å²) in [5.41, 5.74) is 3.02. The topological polar surface area (TPSA) is 29.0 Å². The van der Waals surface area contributed by atoms with Gasteiger partial charge in [0, 0.05) is 22.1 Å². The standard InChI is InChI=1S/C28H19N3S/c1-3-12-22(13-4-1)31(23-14-5-2-6-15-23)28-25-19-21-11-8-7-10-20(21)18-24(25)27(29-30-28)26-16-9-17-32-26/h1-19H. The first-order chi connectivity index (χ1) is 15.9. The van der Waals surface area contributed by atoms with Crippen molar-refractivity contribution in [2.75, 3.05) is 4.90 Å². The number of hydrogen-bond donors (Lipinski definition) is 0. The summed E-state index contributed by atoms with van der Waals surface area (Å²) in [6, 6.07) is 37.8. The Morgan fingerprint density at radius 3 is 1.75 bits per heavy atom. The van der Waals surface area contributed by atoms with Crippen molar-refractivity contribution in [1.29, 1.82) is 0 Å². The van der Waals surface area contributed by atoms with E-state index in [2.05, 4.69) is 107 Å². The molecule has 0 fully saturated rings. The molecule has 152 valence electrons. The van der Waals surface area contributed by atoms with Crippen molar-refractivity contribution in [1.82, 2.24) is 10.2 Å². The maximum Gasteiger partial charge on any atom is 0.168 e. The molecular formula is C28H19N3S. The number of benzene rings is 4. The van der Waals surface area contributed by atoms with Crippen molar-refractivity contribution < 1.29 is 0 Å². The fraction of sp³-hybridized carbons (Fsp3) is 0. The predicted molar refractivity (Wildman–Crippen MR) is 135 cm³/mol. The van der Waals surface area contributed by atoms with Crippen molar-refractivity contribution in [2.24, 2.45) is 0 Å². The molecule has 0 amide bonds. The predicted octanol–water partition coefficient (Wildman–Crippen LogP) is 7.98. The average molecular weight is 430 g/mol. The van der Waals surface area contributed by atoms with E-state index in [9.17, 15) is 0 Å². The molecule has 3 nitrogen and oxygen atoms in total. The van der Waals surface area contributed by atoms with E-state index in [4.69, 9.17) is 10.2 Å². The highest BCUT2D eigenvalue weighted by Gasteiger charge is 2.20. The molecule has 6 rings (SSSR count). The highest BCUT2D eigenvalue weighted by molar-refractivity contribution is 7.13. The molecule has 0 N–H and O–H groups in total. The van der Waals surface area contributed by atoms with Crippen LogP contribution in [0.15, 0.2) is 115 Å². The number of fused-ring (bicyclic) bond motifs is 2. The van der Waals surface area contributed by atoms with Gasteiger partial charge in [-0.05, 0) is 58.6 Å². The van der Waals surface area contributed by atoms with E-state index in [1.165, 1.54) is 10.8 Å². The Balaban J connectivity index is 1.70. The third-order valence-corrected chi connectivity index (χ3v) is 6.50. The fourth-order valence-corrected chi connectivity index (χ4v) is 4.86. The SMILES string of the molecule is c1ccc(N(c2ccccc2)c2nnc(-c3cccs3)c3cc4ccccc4cc23)cc1. The first-order valence-corrected chi connectivity index (χ1v) is 11.4. The van der Waals surface area contributed by atoms with Gasteiger partial charge in [-0.1, -0.05) is 66.7 Å². The van der Waals surface area contributed by atoms with Crippen LogP contribution in [0.25, 0.3) is 32.1 Å². The smallest absolute Gasteiger partial charge is 0.168 e. The first kappa shape index (κ1) is 18.7. The van der Waals surface area contributed by atoms with Crippen molar-refractivity contribution in [2.45, 2.75) is 0 Å². The third-order valence-electron chi connectivity index (χ3n) is 5.62. The lowest BCUT2D eigenvalue weighted by molar-refractivity contribution is 1.03. The molecule has 0 atom stereocenters. The second-order valence-electron chi connectivity index (χ2n) is 7.60. The Labute approximate surface area is 190 Å². The summed E-state index contributed by atoms with van der Waals surface area (Å²) in [5, 5.41) is 16.2. The lowest BCUT2D eigenvalue weighted by Crippen LogP contribution is -2.13. The molecule has 2 heterocycles. The molecule has 6 aromatic rings. The number of rotatable bonds is 4. The van der Waals surface area contributed by atoms with Crippen LogP contribution >= 0.6 is 11.3 Å². The normalized spacial score (nSPS) is 11.1. The zero-order valence-electron chi connectivity index (χ0n) is 17.2. The van der Waals surface area contributed by atoms with Crippen molar-refractivity contribution in [3.63, 3.8) is 0 Å².